The summed E-state index contributed by atoms with van der Waals surface area (Å²) in [5.41, 5.74) is 1.03. The lowest BCUT2D eigenvalue weighted by atomic mass is 10.1. The van der Waals surface area contributed by atoms with E-state index in [1.807, 2.05) is 11.8 Å². The number of aliphatic imine (C=N–C) groups is 1. The Morgan fingerprint density at radius 1 is 1.40 bits per heavy atom. The minimum atomic E-state index is -0.398. The van der Waals surface area contributed by atoms with Crippen LogP contribution in [0.3, 0.4) is 0 Å². The van der Waals surface area contributed by atoms with Crippen molar-refractivity contribution in [2.45, 2.75) is 31.9 Å². The molecule has 7 nitrogen and oxygen atoms in total. The zero-order valence-corrected chi connectivity index (χ0v) is 15.4. The van der Waals surface area contributed by atoms with E-state index in [0.29, 0.717) is 6.54 Å². The molecule has 138 valence electrons. The van der Waals surface area contributed by atoms with Gasteiger partial charge in [0.1, 0.15) is 0 Å². The predicted molar refractivity (Wildman–Crippen MR) is 102 cm³/mol. The molecule has 0 bridgehead atoms. The Hall–Kier alpha value is -1.80. The Balaban J connectivity index is 1.99. The smallest absolute Gasteiger partial charge is 0.269 e. The summed E-state index contributed by atoms with van der Waals surface area (Å²) in [6, 6.07) is 6.50. The number of aliphatic hydroxyl groups is 1. The SMILES string of the molecule is CSCCCNC(=NCc1ccc([N+](=O)[O-])cc1)N1CCC(O)CC1. The van der Waals surface area contributed by atoms with Gasteiger partial charge in [-0.1, -0.05) is 12.1 Å². The quantitative estimate of drug-likeness (QED) is 0.253. The van der Waals surface area contributed by atoms with Gasteiger partial charge in [-0.25, -0.2) is 4.99 Å². The average molecular weight is 366 g/mol. The number of nitrogens with zero attached hydrogens (tertiary/aromatic N) is 3. The molecule has 1 saturated heterocycles. The maximum absolute atomic E-state index is 10.7. The van der Waals surface area contributed by atoms with Crippen molar-refractivity contribution in [3.05, 3.63) is 39.9 Å². The molecule has 25 heavy (non-hydrogen) atoms. The second-order valence-corrected chi connectivity index (χ2v) is 7.04. The third-order valence-corrected chi connectivity index (χ3v) is 4.83. The van der Waals surface area contributed by atoms with Crippen molar-refractivity contribution in [3.8, 4) is 0 Å². The standard InChI is InChI=1S/C17H26N4O3S/c1-25-12-2-9-18-17(20-10-7-16(22)8-11-20)19-13-14-3-5-15(6-4-14)21(23)24/h3-6,16,22H,2,7-13H2,1H3,(H,18,19). The lowest BCUT2D eigenvalue weighted by Gasteiger charge is -2.32. The topological polar surface area (TPSA) is 91.0 Å². The van der Waals surface area contributed by atoms with Gasteiger partial charge in [0, 0.05) is 31.8 Å². The van der Waals surface area contributed by atoms with Crippen molar-refractivity contribution in [1.82, 2.24) is 10.2 Å². The third-order valence-electron chi connectivity index (χ3n) is 4.13. The molecule has 0 atom stereocenters. The van der Waals surface area contributed by atoms with E-state index in [2.05, 4.69) is 21.5 Å². The number of benzene rings is 1. The van der Waals surface area contributed by atoms with Gasteiger partial charge < -0.3 is 15.3 Å². The highest BCUT2D eigenvalue weighted by molar-refractivity contribution is 7.98. The molecule has 1 aliphatic rings. The molecule has 1 heterocycles. The first-order valence-corrected chi connectivity index (χ1v) is 9.93. The number of likely N-dealkylation sites (tertiary alicyclic amines) is 1. The Morgan fingerprint density at radius 3 is 2.68 bits per heavy atom. The first-order chi connectivity index (χ1) is 12.1. The van der Waals surface area contributed by atoms with Crippen LogP contribution < -0.4 is 5.32 Å². The molecule has 0 radical (unpaired) electrons. The molecule has 0 amide bonds. The van der Waals surface area contributed by atoms with E-state index in [1.165, 1.54) is 12.1 Å². The van der Waals surface area contributed by atoms with Crippen molar-refractivity contribution in [1.29, 1.82) is 0 Å². The number of hydrogen-bond donors (Lipinski definition) is 2. The average Bonchev–Trinajstić information content (AvgIpc) is 2.62. The van der Waals surface area contributed by atoms with Gasteiger partial charge in [-0.3, -0.25) is 10.1 Å². The first-order valence-electron chi connectivity index (χ1n) is 8.53. The van der Waals surface area contributed by atoms with Gasteiger partial charge in [-0.05, 0) is 36.8 Å². The molecule has 2 rings (SSSR count). The van der Waals surface area contributed by atoms with Gasteiger partial charge in [0.15, 0.2) is 5.96 Å². The maximum atomic E-state index is 10.7. The van der Waals surface area contributed by atoms with E-state index >= 15 is 0 Å². The normalized spacial score (nSPS) is 16.1. The third kappa shape index (κ3) is 6.55. The number of hydrogen-bond acceptors (Lipinski definition) is 5. The van der Waals surface area contributed by atoms with Gasteiger partial charge in [0.05, 0.1) is 17.6 Å². The lowest BCUT2D eigenvalue weighted by molar-refractivity contribution is -0.384. The lowest BCUT2D eigenvalue weighted by Crippen LogP contribution is -2.47. The van der Waals surface area contributed by atoms with Crippen LogP contribution in [0.1, 0.15) is 24.8 Å². The van der Waals surface area contributed by atoms with Crippen LogP contribution in [0.4, 0.5) is 5.69 Å². The van der Waals surface area contributed by atoms with E-state index < -0.39 is 4.92 Å². The molecule has 0 saturated carbocycles. The summed E-state index contributed by atoms with van der Waals surface area (Å²) < 4.78 is 0. The molecule has 1 aromatic rings. The van der Waals surface area contributed by atoms with Crippen molar-refractivity contribution < 1.29 is 10.0 Å². The van der Waals surface area contributed by atoms with Crippen molar-refractivity contribution >= 4 is 23.4 Å². The van der Waals surface area contributed by atoms with Crippen LogP contribution in [0.5, 0.6) is 0 Å². The number of thioether (sulfide) groups is 1. The fourth-order valence-corrected chi connectivity index (χ4v) is 3.08. The van der Waals surface area contributed by atoms with Crippen molar-refractivity contribution in [2.75, 3.05) is 31.6 Å². The molecule has 1 aromatic carbocycles. The summed E-state index contributed by atoms with van der Waals surface area (Å²) in [5.74, 6) is 1.95. The Morgan fingerprint density at radius 2 is 2.08 bits per heavy atom. The summed E-state index contributed by atoms with van der Waals surface area (Å²) in [6.45, 7) is 2.91. The molecule has 2 N–H and O–H groups in total. The Labute approximate surface area is 152 Å². The van der Waals surface area contributed by atoms with Crippen LogP contribution in [0.2, 0.25) is 0 Å². The summed E-state index contributed by atoms with van der Waals surface area (Å²) in [7, 11) is 0. The van der Waals surface area contributed by atoms with Gasteiger partial charge in [-0.2, -0.15) is 11.8 Å². The number of nitrogens with one attached hydrogen (secondary N) is 1. The zero-order valence-electron chi connectivity index (χ0n) is 14.6. The van der Waals surface area contributed by atoms with Crippen LogP contribution in [-0.2, 0) is 6.54 Å². The number of rotatable bonds is 7. The highest BCUT2D eigenvalue weighted by Gasteiger charge is 2.19. The minimum absolute atomic E-state index is 0.0909. The second kappa shape index (κ2) is 10.2. The van der Waals surface area contributed by atoms with Crippen LogP contribution in [-0.4, -0.2) is 58.6 Å². The monoisotopic (exact) mass is 366 g/mol. The Bertz CT molecular complexity index is 572. The van der Waals surface area contributed by atoms with Gasteiger partial charge in [0.2, 0.25) is 0 Å². The van der Waals surface area contributed by atoms with E-state index in [0.717, 1.165) is 56.2 Å². The van der Waals surface area contributed by atoms with Gasteiger partial charge in [0.25, 0.3) is 5.69 Å². The molecule has 0 aromatic heterocycles. The van der Waals surface area contributed by atoms with Crippen LogP contribution in [0.15, 0.2) is 29.3 Å². The number of piperidine rings is 1. The molecular formula is C17H26N4O3S. The maximum Gasteiger partial charge on any atom is 0.269 e. The number of nitro groups is 1. The predicted octanol–water partition coefficient (Wildman–Crippen LogP) is 2.25. The van der Waals surface area contributed by atoms with E-state index in [1.54, 1.807) is 12.1 Å². The summed E-state index contributed by atoms with van der Waals surface area (Å²) in [4.78, 5) is 17.2. The Kier molecular flexibility index (Phi) is 8.00. The molecule has 1 aliphatic heterocycles. The summed E-state index contributed by atoms with van der Waals surface area (Å²) in [6.07, 6.45) is 4.44. The van der Waals surface area contributed by atoms with Crippen molar-refractivity contribution in [3.63, 3.8) is 0 Å². The fourth-order valence-electron chi connectivity index (χ4n) is 2.65. The highest BCUT2D eigenvalue weighted by Crippen LogP contribution is 2.14. The molecular weight excluding hydrogens is 340 g/mol. The van der Waals surface area contributed by atoms with Gasteiger partial charge in [-0.15, -0.1) is 0 Å². The highest BCUT2D eigenvalue weighted by atomic mass is 32.2. The number of guanidine groups is 1. The van der Waals surface area contributed by atoms with Crippen LogP contribution in [0.25, 0.3) is 0 Å². The zero-order chi connectivity index (χ0) is 18.1. The second-order valence-electron chi connectivity index (χ2n) is 6.05. The molecule has 8 heteroatoms. The van der Waals surface area contributed by atoms with Crippen molar-refractivity contribution in [2.24, 2.45) is 4.99 Å². The number of nitro benzene ring substituents is 1. The first kappa shape index (κ1) is 19.5. The van der Waals surface area contributed by atoms with E-state index in [-0.39, 0.29) is 11.8 Å². The van der Waals surface area contributed by atoms with Crippen LogP contribution in [0, 0.1) is 10.1 Å². The van der Waals surface area contributed by atoms with Gasteiger partial charge >= 0.3 is 0 Å². The van der Waals surface area contributed by atoms with Crippen LogP contribution >= 0.6 is 11.8 Å². The molecule has 0 aliphatic carbocycles. The largest absolute Gasteiger partial charge is 0.393 e. The summed E-state index contributed by atoms with van der Waals surface area (Å²) >= 11 is 1.82. The molecule has 0 unspecified atom stereocenters. The fraction of sp³-hybridized carbons (Fsp3) is 0.588. The van der Waals surface area contributed by atoms with E-state index in [9.17, 15) is 15.2 Å². The number of aliphatic hydroxyl groups excluding tert-OH is 1. The minimum Gasteiger partial charge on any atom is -0.393 e. The number of non-ortho nitro benzene ring substituents is 1. The molecule has 1 fully saturated rings. The molecule has 0 spiro atoms. The van der Waals surface area contributed by atoms with E-state index in [4.69, 9.17) is 0 Å². The summed E-state index contributed by atoms with van der Waals surface area (Å²) in [5, 5.41) is 23.8.